The first kappa shape index (κ1) is 20.6. The van der Waals surface area contributed by atoms with Crippen molar-refractivity contribution in [3.63, 3.8) is 0 Å². The molecule has 1 aliphatic heterocycles. The first-order valence-electron chi connectivity index (χ1n) is 10.0. The van der Waals surface area contributed by atoms with E-state index in [1.165, 1.54) is 4.31 Å². The molecular weight excluding hydrogens is 402 g/mol. The number of amides is 1. The standard InChI is InChI=1S/C22H25N3O4S/c1-2-24-16-19(18-8-4-5-9-20(18)24)22(26)23-15-17-7-3-6-10-21(17)30(27,28)25-11-13-29-14-12-25/h3-10,16H,2,11-15H2,1H3,(H,23,26). The van der Waals surface area contributed by atoms with Crippen molar-refractivity contribution < 1.29 is 17.9 Å². The Bertz CT molecular complexity index is 1160. The topological polar surface area (TPSA) is 80.6 Å². The Morgan fingerprint density at radius 3 is 2.53 bits per heavy atom. The van der Waals surface area contributed by atoms with Crippen LogP contribution in [0.1, 0.15) is 22.8 Å². The van der Waals surface area contributed by atoms with Gasteiger partial charge in [-0.3, -0.25) is 4.79 Å². The Kier molecular flexibility index (Phi) is 5.90. The molecule has 1 aromatic heterocycles. The molecule has 0 bridgehead atoms. The van der Waals surface area contributed by atoms with Crippen molar-refractivity contribution in [3.8, 4) is 0 Å². The molecule has 1 amide bonds. The van der Waals surface area contributed by atoms with Gasteiger partial charge in [-0.2, -0.15) is 4.31 Å². The summed E-state index contributed by atoms with van der Waals surface area (Å²) in [5, 5.41) is 3.78. The molecule has 2 heterocycles. The first-order valence-corrected chi connectivity index (χ1v) is 11.5. The zero-order chi connectivity index (χ0) is 21.1. The Balaban J connectivity index is 1.57. The predicted octanol–water partition coefficient (Wildman–Crippen LogP) is 2.61. The van der Waals surface area contributed by atoms with E-state index in [2.05, 4.69) is 5.32 Å². The minimum absolute atomic E-state index is 0.129. The van der Waals surface area contributed by atoms with Crippen LogP contribution < -0.4 is 5.32 Å². The summed E-state index contributed by atoms with van der Waals surface area (Å²) in [6, 6.07) is 14.6. The van der Waals surface area contributed by atoms with E-state index in [1.54, 1.807) is 24.3 Å². The van der Waals surface area contributed by atoms with Crippen LogP contribution in [0.5, 0.6) is 0 Å². The minimum atomic E-state index is -3.64. The lowest BCUT2D eigenvalue weighted by molar-refractivity contribution is 0.0730. The number of sulfonamides is 1. The van der Waals surface area contributed by atoms with Gasteiger partial charge in [0.1, 0.15) is 0 Å². The summed E-state index contributed by atoms with van der Waals surface area (Å²) >= 11 is 0. The van der Waals surface area contributed by atoms with E-state index in [1.807, 2.05) is 42.0 Å². The number of rotatable bonds is 6. The third-order valence-corrected chi connectivity index (χ3v) is 7.37. The summed E-state index contributed by atoms with van der Waals surface area (Å²) in [6.07, 6.45) is 1.84. The fourth-order valence-electron chi connectivity index (χ4n) is 3.79. The molecule has 0 spiro atoms. The van der Waals surface area contributed by atoms with Gasteiger partial charge in [-0.05, 0) is 24.6 Å². The van der Waals surface area contributed by atoms with E-state index in [-0.39, 0.29) is 17.3 Å². The van der Waals surface area contributed by atoms with Gasteiger partial charge in [0.05, 0.1) is 23.7 Å². The molecule has 3 aromatic rings. The fourth-order valence-corrected chi connectivity index (χ4v) is 5.42. The van der Waals surface area contributed by atoms with Crippen LogP contribution in [0.15, 0.2) is 59.6 Å². The smallest absolute Gasteiger partial charge is 0.253 e. The van der Waals surface area contributed by atoms with E-state index in [0.29, 0.717) is 37.4 Å². The van der Waals surface area contributed by atoms with Crippen molar-refractivity contribution >= 4 is 26.8 Å². The second-order valence-electron chi connectivity index (χ2n) is 7.15. The van der Waals surface area contributed by atoms with Gasteiger partial charge in [-0.25, -0.2) is 8.42 Å². The molecule has 0 saturated carbocycles. The second-order valence-corrected chi connectivity index (χ2v) is 9.06. The summed E-state index contributed by atoms with van der Waals surface area (Å²) in [5.74, 6) is -0.225. The fraction of sp³-hybridized carbons (Fsp3) is 0.318. The first-order chi connectivity index (χ1) is 14.5. The third kappa shape index (κ3) is 3.86. The molecule has 4 rings (SSSR count). The molecule has 0 atom stereocenters. The SMILES string of the molecule is CCn1cc(C(=O)NCc2ccccc2S(=O)(=O)N2CCOCC2)c2ccccc21. The number of hydrogen-bond donors (Lipinski definition) is 1. The van der Waals surface area contributed by atoms with E-state index >= 15 is 0 Å². The highest BCUT2D eigenvalue weighted by atomic mass is 32.2. The van der Waals surface area contributed by atoms with E-state index < -0.39 is 10.0 Å². The van der Waals surface area contributed by atoms with Crippen LogP contribution in [0, 0.1) is 0 Å². The number of fused-ring (bicyclic) bond motifs is 1. The van der Waals surface area contributed by atoms with Gasteiger partial charge >= 0.3 is 0 Å². The maximum atomic E-state index is 13.1. The Morgan fingerprint density at radius 1 is 1.07 bits per heavy atom. The maximum absolute atomic E-state index is 13.1. The monoisotopic (exact) mass is 427 g/mol. The van der Waals surface area contributed by atoms with E-state index in [4.69, 9.17) is 4.74 Å². The summed E-state index contributed by atoms with van der Waals surface area (Å²) in [4.78, 5) is 13.1. The summed E-state index contributed by atoms with van der Waals surface area (Å²) in [5.41, 5.74) is 2.15. The van der Waals surface area contributed by atoms with Crippen molar-refractivity contribution in [1.82, 2.24) is 14.2 Å². The van der Waals surface area contributed by atoms with E-state index in [0.717, 1.165) is 17.4 Å². The average molecular weight is 428 g/mol. The van der Waals surface area contributed by atoms with Crippen LogP contribution in [0.25, 0.3) is 10.9 Å². The minimum Gasteiger partial charge on any atom is -0.379 e. The second kappa shape index (κ2) is 8.59. The molecule has 1 aliphatic rings. The molecule has 0 aliphatic carbocycles. The normalized spacial score (nSPS) is 15.4. The number of morpholine rings is 1. The number of aromatic nitrogens is 1. The van der Waals surface area contributed by atoms with Crippen LogP contribution in [0.2, 0.25) is 0 Å². The number of benzene rings is 2. The molecule has 30 heavy (non-hydrogen) atoms. The van der Waals surface area contributed by atoms with Gasteiger partial charge < -0.3 is 14.6 Å². The van der Waals surface area contributed by atoms with Gasteiger partial charge in [-0.15, -0.1) is 0 Å². The Hall–Kier alpha value is -2.68. The molecular formula is C22H25N3O4S. The molecule has 158 valence electrons. The van der Waals surface area contributed by atoms with Gasteiger partial charge in [0.15, 0.2) is 0 Å². The van der Waals surface area contributed by atoms with Gasteiger partial charge in [0, 0.05) is 43.3 Å². The van der Waals surface area contributed by atoms with Crippen molar-refractivity contribution in [1.29, 1.82) is 0 Å². The number of para-hydroxylation sites is 1. The molecule has 2 aromatic carbocycles. The highest BCUT2D eigenvalue weighted by Gasteiger charge is 2.28. The molecule has 1 fully saturated rings. The number of nitrogens with one attached hydrogen (secondary N) is 1. The molecule has 8 heteroatoms. The molecule has 1 saturated heterocycles. The Labute approximate surface area is 176 Å². The molecule has 0 unspecified atom stereocenters. The van der Waals surface area contributed by atoms with Crippen LogP contribution in [-0.4, -0.2) is 49.5 Å². The van der Waals surface area contributed by atoms with Crippen LogP contribution >= 0.6 is 0 Å². The third-order valence-electron chi connectivity index (χ3n) is 5.37. The maximum Gasteiger partial charge on any atom is 0.253 e. The largest absolute Gasteiger partial charge is 0.379 e. The van der Waals surface area contributed by atoms with Crippen LogP contribution in [-0.2, 0) is 27.8 Å². The van der Waals surface area contributed by atoms with E-state index in [9.17, 15) is 13.2 Å². The molecule has 7 nitrogen and oxygen atoms in total. The zero-order valence-corrected chi connectivity index (χ0v) is 17.7. The quantitative estimate of drug-likeness (QED) is 0.656. The van der Waals surface area contributed by atoms with Gasteiger partial charge in [0.25, 0.3) is 5.91 Å². The molecule has 1 N–H and O–H groups in total. The summed E-state index contributed by atoms with van der Waals surface area (Å²) in [6.45, 7) is 4.36. The zero-order valence-electron chi connectivity index (χ0n) is 16.9. The van der Waals surface area contributed by atoms with Crippen molar-refractivity contribution in [2.24, 2.45) is 0 Å². The van der Waals surface area contributed by atoms with Crippen molar-refractivity contribution in [3.05, 3.63) is 65.9 Å². The van der Waals surface area contributed by atoms with Crippen molar-refractivity contribution in [2.45, 2.75) is 24.9 Å². The number of carbonyl (C=O) groups excluding carboxylic acids is 1. The van der Waals surface area contributed by atoms with Crippen LogP contribution in [0.4, 0.5) is 0 Å². The van der Waals surface area contributed by atoms with Crippen LogP contribution in [0.3, 0.4) is 0 Å². The number of carbonyl (C=O) groups is 1. The molecule has 0 radical (unpaired) electrons. The van der Waals surface area contributed by atoms with Crippen molar-refractivity contribution in [2.75, 3.05) is 26.3 Å². The number of hydrogen-bond acceptors (Lipinski definition) is 4. The number of ether oxygens (including phenoxy) is 1. The number of aryl methyl sites for hydroxylation is 1. The lowest BCUT2D eigenvalue weighted by atomic mass is 10.1. The summed E-state index contributed by atoms with van der Waals surface area (Å²) < 4.78 is 34.9. The predicted molar refractivity (Wildman–Crippen MR) is 115 cm³/mol. The number of nitrogens with zero attached hydrogens (tertiary/aromatic N) is 2. The Morgan fingerprint density at radius 2 is 1.77 bits per heavy atom. The van der Waals surface area contributed by atoms with Gasteiger partial charge in [-0.1, -0.05) is 36.4 Å². The average Bonchev–Trinajstić information content (AvgIpc) is 3.17. The lowest BCUT2D eigenvalue weighted by Crippen LogP contribution is -2.41. The highest BCUT2D eigenvalue weighted by molar-refractivity contribution is 7.89. The lowest BCUT2D eigenvalue weighted by Gasteiger charge is -2.27. The summed E-state index contributed by atoms with van der Waals surface area (Å²) in [7, 11) is -3.64. The highest BCUT2D eigenvalue weighted by Crippen LogP contribution is 2.23. The van der Waals surface area contributed by atoms with Gasteiger partial charge in [0.2, 0.25) is 10.0 Å².